The number of urea groups is 1. The molecule has 4 aromatic carbocycles. The molecule has 4 N–H and O–H groups in total. The second kappa shape index (κ2) is 16.1. The van der Waals surface area contributed by atoms with Gasteiger partial charge in [-0.1, -0.05) is 0 Å². The van der Waals surface area contributed by atoms with Gasteiger partial charge < -0.3 is 40.6 Å². The molecule has 0 heterocycles. The Kier molecular flexibility index (Phi) is 13.2. The smallest absolute Gasteiger partial charge is 0.545 e. The molecule has 44 heavy (non-hydrogen) atoms. The number of azo groups is 2. The van der Waals surface area contributed by atoms with Gasteiger partial charge in [0, 0.05) is 22.5 Å². The molecule has 0 saturated carbocycles. The van der Waals surface area contributed by atoms with Crippen molar-refractivity contribution in [3.63, 3.8) is 0 Å². The molecule has 0 spiro atoms. The van der Waals surface area contributed by atoms with Gasteiger partial charge in [-0.15, -0.1) is 0 Å². The Morgan fingerprint density at radius 3 is 1.20 bits per heavy atom. The molecule has 0 bridgehead atoms. The van der Waals surface area contributed by atoms with Gasteiger partial charge in [-0.05, 0) is 97.8 Å². The van der Waals surface area contributed by atoms with E-state index in [1.165, 1.54) is 26.0 Å². The molecule has 0 aromatic heterocycles. The van der Waals surface area contributed by atoms with E-state index in [0.29, 0.717) is 33.9 Å². The Balaban J connectivity index is 0.00000337. The Bertz CT molecular complexity index is 1620. The predicted molar refractivity (Wildman–Crippen MR) is 148 cm³/mol. The first-order valence-electron chi connectivity index (χ1n) is 12.2. The minimum Gasteiger partial charge on any atom is -0.545 e. The van der Waals surface area contributed by atoms with Gasteiger partial charge in [-0.3, -0.25) is 0 Å². The monoisotopic (exact) mass is 612 g/mol. The van der Waals surface area contributed by atoms with E-state index in [2.05, 4.69) is 31.1 Å². The van der Waals surface area contributed by atoms with Gasteiger partial charge in [-0.25, -0.2) is 4.79 Å². The van der Waals surface area contributed by atoms with Crippen LogP contribution in [-0.2, 0) is 0 Å². The van der Waals surface area contributed by atoms with Crippen molar-refractivity contribution >= 4 is 52.1 Å². The number of nitrogens with zero attached hydrogens (tertiary/aromatic N) is 4. The number of aryl methyl sites for hydroxylation is 2. The maximum Gasteiger partial charge on any atom is 1.00 e. The average Bonchev–Trinajstić information content (AvgIpc) is 2.95. The van der Waals surface area contributed by atoms with Crippen molar-refractivity contribution in [1.29, 1.82) is 0 Å². The third-order valence-electron chi connectivity index (χ3n) is 5.82. The largest absolute Gasteiger partial charge is 1.00 e. The van der Waals surface area contributed by atoms with Gasteiger partial charge >= 0.3 is 65.1 Å². The second-order valence-electron chi connectivity index (χ2n) is 8.97. The Morgan fingerprint density at radius 1 is 0.568 bits per heavy atom. The number of rotatable bonds is 8. The molecule has 2 amide bonds. The van der Waals surface area contributed by atoms with E-state index in [1.54, 1.807) is 48.5 Å². The van der Waals surface area contributed by atoms with Crippen molar-refractivity contribution in [3.05, 3.63) is 95.1 Å². The Hall–Kier alpha value is -4.11. The molecular weight excluding hydrogens is 590 g/mol. The van der Waals surface area contributed by atoms with Crippen molar-refractivity contribution in [2.75, 3.05) is 10.6 Å². The number of carboxylic acid groups (broad SMARTS) is 2. The summed E-state index contributed by atoms with van der Waals surface area (Å²) in [7, 11) is 0. The molecular formula is C29H22N6Na2O7. The first-order chi connectivity index (χ1) is 20.0. The molecule has 0 saturated heterocycles. The van der Waals surface area contributed by atoms with Crippen LogP contribution in [-0.4, -0.2) is 28.2 Å². The summed E-state index contributed by atoms with van der Waals surface area (Å²) in [6.07, 6.45) is 0. The number of anilines is 2. The van der Waals surface area contributed by atoms with Crippen LogP contribution in [0, 0.1) is 13.8 Å². The molecule has 0 aliphatic heterocycles. The third-order valence-corrected chi connectivity index (χ3v) is 5.82. The average molecular weight is 613 g/mol. The first-order valence-corrected chi connectivity index (χ1v) is 12.2. The van der Waals surface area contributed by atoms with Crippen LogP contribution in [0.1, 0.15) is 31.8 Å². The molecule has 0 radical (unpaired) electrons. The molecule has 0 atom stereocenters. The van der Waals surface area contributed by atoms with Gasteiger partial charge in [0.05, 0.1) is 34.7 Å². The van der Waals surface area contributed by atoms with Crippen LogP contribution >= 0.6 is 0 Å². The number of nitrogens with one attached hydrogen (secondary N) is 2. The maximum atomic E-state index is 12.4. The number of carbonyl (C=O) groups excluding carboxylic acids is 3. The summed E-state index contributed by atoms with van der Waals surface area (Å²) in [5, 5.41) is 63.4. The van der Waals surface area contributed by atoms with E-state index in [0.717, 1.165) is 12.1 Å². The van der Waals surface area contributed by atoms with Crippen molar-refractivity contribution in [2.45, 2.75) is 13.8 Å². The predicted octanol–water partition coefficient (Wildman–Crippen LogP) is -1.08. The van der Waals surface area contributed by atoms with Crippen LogP contribution in [0.4, 0.5) is 38.9 Å². The van der Waals surface area contributed by atoms with Crippen LogP contribution in [0.5, 0.6) is 11.5 Å². The number of phenols is 2. The van der Waals surface area contributed by atoms with Crippen molar-refractivity contribution in [1.82, 2.24) is 0 Å². The fraction of sp³-hybridized carbons (Fsp3) is 0.0690. The molecule has 212 valence electrons. The van der Waals surface area contributed by atoms with Crippen LogP contribution in [0.3, 0.4) is 0 Å². The van der Waals surface area contributed by atoms with Crippen molar-refractivity contribution in [2.24, 2.45) is 20.5 Å². The standard InChI is InChI=1S/C29H24N6O7.2Na/c1-15-11-21(13-23(25(15)36)27(38)39)34-32-19-7-3-17(4-8-19)30-29(42)31-18-5-9-20(10-6-18)33-35-22-12-16(2)26(37)24(14-22)28(40)41;;/h3-14,36-37H,1-2H3,(H,38,39)(H,40,41)(H2,30,31,42);;/q;2*+1/p-2. The zero-order valence-corrected chi connectivity index (χ0v) is 28.2. The summed E-state index contributed by atoms with van der Waals surface area (Å²) >= 11 is 0. The molecule has 13 nitrogen and oxygen atoms in total. The zero-order valence-electron chi connectivity index (χ0n) is 24.2. The number of carboxylic acids is 2. The number of aromatic carboxylic acids is 2. The van der Waals surface area contributed by atoms with Gasteiger partial charge in [0.15, 0.2) is 0 Å². The molecule has 0 aliphatic carbocycles. The number of amides is 2. The van der Waals surface area contributed by atoms with E-state index in [4.69, 9.17) is 0 Å². The number of hydrogen-bond acceptors (Lipinski definition) is 11. The number of benzene rings is 4. The van der Waals surface area contributed by atoms with E-state index in [1.807, 2.05) is 0 Å². The molecule has 4 aromatic rings. The second-order valence-corrected chi connectivity index (χ2v) is 8.97. The normalized spacial score (nSPS) is 10.6. The fourth-order valence-corrected chi connectivity index (χ4v) is 3.69. The zero-order chi connectivity index (χ0) is 30.4. The quantitative estimate of drug-likeness (QED) is 0.143. The number of aromatic hydroxyl groups is 2. The minimum absolute atomic E-state index is 0. The van der Waals surface area contributed by atoms with Crippen LogP contribution < -0.4 is 80.0 Å². The molecule has 4 rings (SSSR count). The summed E-state index contributed by atoms with van der Waals surface area (Å²) in [5.74, 6) is -3.83. The van der Waals surface area contributed by atoms with Crippen LogP contribution in [0.25, 0.3) is 0 Å². The third kappa shape index (κ3) is 9.44. The van der Waals surface area contributed by atoms with Gasteiger partial charge in [0.2, 0.25) is 0 Å². The Labute approximate surface area is 295 Å². The number of hydrogen-bond donors (Lipinski definition) is 4. The molecule has 15 heteroatoms. The Morgan fingerprint density at radius 2 is 0.886 bits per heavy atom. The van der Waals surface area contributed by atoms with E-state index in [9.17, 15) is 34.8 Å². The van der Waals surface area contributed by atoms with Gasteiger partial charge in [0.1, 0.15) is 11.5 Å². The molecule has 0 aliphatic rings. The summed E-state index contributed by atoms with van der Waals surface area (Å²) in [6.45, 7) is 3.06. The molecule has 0 unspecified atom stereocenters. The summed E-state index contributed by atoms with van der Waals surface area (Å²) in [5.41, 5.74) is 2.11. The maximum absolute atomic E-state index is 12.4. The summed E-state index contributed by atoms with van der Waals surface area (Å²) in [4.78, 5) is 34.7. The van der Waals surface area contributed by atoms with E-state index in [-0.39, 0.29) is 93.1 Å². The van der Waals surface area contributed by atoms with Gasteiger partial charge in [0.25, 0.3) is 0 Å². The van der Waals surface area contributed by atoms with Crippen LogP contribution in [0.2, 0.25) is 0 Å². The molecule has 0 fully saturated rings. The topological polar surface area (TPSA) is 211 Å². The summed E-state index contributed by atoms with van der Waals surface area (Å²) in [6, 6.07) is 17.5. The number of carbonyl (C=O) groups is 3. The van der Waals surface area contributed by atoms with E-state index < -0.39 is 18.0 Å². The fourth-order valence-electron chi connectivity index (χ4n) is 3.69. The van der Waals surface area contributed by atoms with E-state index >= 15 is 0 Å². The first kappa shape index (κ1) is 36.1. The van der Waals surface area contributed by atoms with Gasteiger partial charge in [-0.2, -0.15) is 20.5 Å². The minimum atomic E-state index is -1.53. The van der Waals surface area contributed by atoms with Crippen molar-refractivity contribution < 1.29 is 93.9 Å². The van der Waals surface area contributed by atoms with Crippen molar-refractivity contribution in [3.8, 4) is 11.5 Å². The summed E-state index contributed by atoms with van der Waals surface area (Å²) < 4.78 is 0. The SMILES string of the molecule is Cc1cc(N=Nc2ccc(NC(=O)Nc3ccc(N=Nc4cc(C)c(O)c(C(=O)[O-])c4)cc3)cc2)cc(C(=O)[O-])c1O.[Na+].[Na+]. The van der Waals surface area contributed by atoms with Crippen LogP contribution in [0.15, 0.2) is 93.3 Å².